The average Bonchev–Trinajstić information content (AvgIpc) is 2.83. The number of hydrogen-bond donors (Lipinski definition) is 3. The van der Waals surface area contributed by atoms with Crippen LogP contribution < -0.4 is 21.5 Å². The maximum Gasteiger partial charge on any atom is 0.323 e. The van der Waals surface area contributed by atoms with Crippen LogP contribution in [-0.2, 0) is 0 Å². The van der Waals surface area contributed by atoms with Gasteiger partial charge in [-0.15, -0.1) is 0 Å². The van der Waals surface area contributed by atoms with Crippen molar-refractivity contribution < 1.29 is 18.0 Å². The lowest BCUT2D eigenvalue weighted by atomic mass is 9.99. The van der Waals surface area contributed by atoms with Crippen LogP contribution in [0.15, 0.2) is 58.1 Å². The van der Waals surface area contributed by atoms with Crippen molar-refractivity contribution in [3.05, 3.63) is 86.6 Å². The summed E-state index contributed by atoms with van der Waals surface area (Å²) in [6.07, 6.45) is 3.21. The molecule has 0 atom stereocenters. The lowest BCUT2D eigenvalue weighted by molar-refractivity contribution is 0.262. The van der Waals surface area contributed by atoms with E-state index in [0.29, 0.717) is 16.8 Å². The van der Waals surface area contributed by atoms with E-state index in [1.807, 2.05) is 13.8 Å². The highest BCUT2D eigenvalue weighted by molar-refractivity contribution is 9.10. The molecule has 36 heavy (non-hydrogen) atoms. The highest BCUT2D eigenvalue weighted by Gasteiger charge is 2.19. The van der Waals surface area contributed by atoms with Crippen LogP contribution >= 0.6 is 15.9 Å². The van der Waals surface area contributed by atoms with E-state index in [1.54, 1.807) is 25.5 Å². The molecule has 11 heteroatoms. The number of urea groups is 1. The normalized spacial score (nSPS) is 11.1. The third-order valence-electron chi connectivity index (χ3n) is 5.52. The summed E-state index contributed by atoms with van der Waals surface area (Å²) in [6, 6.07) is 6.45. The summed E-state index contributed by atoms with van der Waals surface area (Å²) in [5, 5.41) is 8.80. The molecular weight excluding hydrogens is 539 g/mol. The molecule has 0 radical (unpaired) electrons. The topological polar surface area (TPSA) is 88.0 Å². The summed E-state index contributed by atoms with van der Waals surface area (Å²) in [5.41, 5.74) is -0.211. The van der Waals surface area contributed by atoms with E-state index < -0.39 is 29.2 Å². The number of carbonyl (C=O) groups is 1. The molecule has 0 saturated heterocycles. The number of amides is 2. The van der Waals surface area contributed by atoms with Crippen LogP contribution in [0, 0.1) is 17.5 Å². The van der Waals surface area contributed by atoms with Gasteiger partial charge in [0.1, 0.15) is 11.6 Å². The molecule has 0 bridgehead atoms. The quantitative estimate of drug-likeness (QED) is 0.265. The van der Waals surface area contributed by atoms with Gasteiger partial charge in [-0.25, -0.2) is 22.9 Å². The van der Waals surface area contributed by atoms with Crippen LogP contribution in [0.25, 0.3) is 16.5 Å². The second kappa shape index (κ2) is 10.0. The van der Waals surface area contributed by atoms with E-state index >= 15 is 0 Å². The minimum atomic E-state index is -1.25. The van der Waals surface area contributed by atoms with Crippen molar-refractivity contribution in [1.82, 2.24) is 9.55 Å². The van der Waals surface area contributed by atoms with Gasteiger partial charge >= 0.3 is 6.03 Å². The summed E-state index contributed by atoms with van der Waals surface area (Å²) in [7, 11) is 1.73. The van der Waals surface area contributed by atoms with Crippen LogP contribution in [0.1, 0.15) is 25.3 Å². The lowest BCUT2D eigenvalue weighted by Gasteiger charge is -2.17. The van der Waals surface area contributed by atoms with Gasteiger partial charge in [0.05, 0.1) is 17.1 Å². The van der Waals surface area contributed by atoms with Gasteiger partial charge < -0.3 is 16.0 Å². The van der Waals surface area contributed by atoms with Crippen LogP contribution in [0.5, 0.6) is 0 Å². The minimum Gasteiger partial charge on any atom is -0.373 e. The molecule has 0 fully saturated rings. The average molecular weight is 560 g/mol. The van der Waals surface area contributed by atoms with Gasteiger partial charge in [-0.2, -0.15) is 0 Å². The van der Waals surface area contributed by atoms with E-state index in [-0.39, 0.29) is 27.3 Å². The molecule has 2 aromatic heterocycles. The molecule has 0 unspecified atom stereocenters. The molecule has 3 N–H and O–H groups in total. The zero-order valence-corrected chi connectivity index (χ0v) is 21.0. The standard InChI is InChI=1S/C25H21BrF3N5O2/c1-12(2)22-14-7-21(30-3)31-10-13(14)11-34(24(22)35)20-9-19(17(28)8-15(20)26)33-25(36)32-18-6-4-5-16(27)23(18)29/h4-12,30H,1-3H3,(H2,32,33,36). The van der Waals surface area contributed by atoms with Crippen molar-refractivity contribution in [1.29, 1.82) is 0 Å². The number of anilines is 3. The maximum absolute atomic E-state index is 14.7. The molecule has 4 aromatic rings. The number of benzene rings is 2. The summed E-state index contributed by atoms with van der Waals surface area (Å²) in [6.45, 7) is 3.78. The molecule has 0 saturated carbocycles. The van der Waals surface area contributed by atoms with Crippen LogP contribution in [0.4, 0.5) is 35.2 Å². The number of rotatable bonds is 5. The highest BCUT2D eigenvalue weighted by atomic mass is 79.9. The number of halogens is 4. The Bertz CT molecular complexity index is 1560. The SMILES string of the molecule is CNc1cc2c(C(C)C)c(=O)n(-c3cc(NC(=O)Nc4cccc(F)c4F)c(F)cc3Br)cc2cn1. The van der Waals surface area contributed by atoms with E-state index in [2.05, 4.69) is 36.9 Å². The summed E-state index contributed by atoms with van der Waals surface area (Å²) < 4.78 is 43.7. The third kappa shape index (κ3) is 4.78. The Morgan fingerprint density at radius 3 is 2.47 bits per heavy atom. The second-order valence-electron chi connectivity index (χ2n) is 8.24. The van der Waals surface area contributed by atoms with Crippen LogP contribution in [-0.4, -0.2) is 22.6 Å². The van der Waals surface area contributed by atoms with Gasteiger partial charge in [0.2, 0.25) is 0 Å². The van der Waals surface area contributed by atoms with Gasteiger partial charge in [0.15, 0.2) is 11.6 Å². The third-order valence-corrected chi connectivity index (χ3v) is 6.16. The summed E-state index contributed by atoms with van der Waals surface area (Å²) >= 11 is 3.29. The molecule has 2 aromatic carbocycles. The number of hydrogen-bond acceptors (Lipinski definition) is 4. The number of fused-ring (bicyclic) bond motifs is 1. The number of pyridine rings is 2. The van der Waals surface area contributed by atoms with Gasteiger partial charge in [-0.1, -0.05) is 19.9 Å². The second-order valence-corrected chi connectivity index (χ2v) is 9.10. The summed E-state index contributed by atoms with van der Waals surface area (Å²) in [5.74, 6) is -2.72. The maximum atomic E-state index is 14.7. The minimum absolute atomic E-state index is 0.136. The Labute approximate surface area is 212 Å². The molecule has 0 aliphatic rings. The molecule has 2 heterocycles. The van der Waals surface area contributed by atoms with Gasteiger partial charge in [0, 0.05) is 34.9 Å². The monoisotopic (exact) mass is 559 g/mol. The summed E-state index contributed by atoms with van der Waals surface area (Å²) in [4.78, 5) is 30.3. The highest BCUT2D eigenvalue weighted by Crippen LogP contribution is 2.30. The van der Waals surface area contributed by atoms with E-state index in [0.717, 1.165) is 23.6 Å². The number of carbonyl (C=O) groups excluding carboxylic acids is 1. The van der Waals surface area contributed by atoms with Gasteiger partial charge in [-0.05, 0) is 57.6 Å². The van der Waals surface area contributed by atoms with Crippen molar-refractivity contribution in [3.63, 3.8) is 0 Å². The lowest BCUT2D eigenvalue weighted by Crippen LogP contribution is -2.24. The van der Waals surface area contributed by atoms with Crippen molar-refractivity contribution in [2.75, 3.05) is 23.0 Å². The molecule has 0 spiro atoms. The van der Waals surface area contributed by atoms with E-state index in [9.17, 15) is 22.8 Å². The Morgan fingerprint density at radius 2 is 1.78 bits per heavy atom. The van der Waals surface area contributed by atoms with Gasteiger partial charge in [-0.3, -0.25) is 9.36 Å². The Balaban J connectivity index is 1.78. The molecule has 0 aliphatic carbocycles. The van der Waals surface area contributed by atoms with E-state index in [4.69, 9.17) is 0 Å². The largest absolute Gasteiger partial charge is 0.373 e. The molecule has 4 rings (SSSR count). The Kier molecular flexibility index (Phi) is 7.02. The van der Waals surface area contributed by atoms with Crippen molar-refractivity contribution in [2.24, 2.45) is 0 Å². The van der Waals surface area contributed by atoms with Crippen LogP contribution in [0.2, 0.25) is 0 Å². The Morgan fingerprint density at radius 1 is 1.06 bits per heavy atom. The first kappa shape index (κ1) is 25.2. The fourth-order valence-corrected chi connectivity index (χ4v) is 4.32. The number of nitrogens with one attached hydrogen (secondary N) is 3. The fourth-order valence-electron chi connectivity index (χ4n) is 3.81. The first-order chi connectivity index (χ1) is 17.1. The molecular formula is C25H21BrF3N5O2. The zero-order chi connectivity index (χ0) is 26.1. The van der Waals surface area contributed by atoms with Crippen molar-refractivity contribution >= 4 is 49.9 Å². The molecule has 0 aliphatic heterocycles. The van der Waals surface area contributed by atoms with Crippen LogP contribution in [0.3, 0.4) is 0 Å². The first-order valence-electron chi connectivity index (χ1n) is 10.8. The smallest absolute Gasteiger partial charge is 0.323 e. The molecule has 7 nitrogen and oxygen atoms in total. The Hall–Kier alpha value is -3.86. The first-order valence-corrected chi connectivity index (χ1v) is 11.6. The number of nitrogens with zero attached hydrogens (tertiary/aromatic N) is 2. The zero-order valence-electron chi connectivity index (χ0n) is 19.4. The fraction of sp³-hybridized carbons (Fsp3) is 0.160. The predicted molar refractivity (Wildman–Crippen MR) is 138 cm³/mol. The van der Waals surface area contributed by atoms with E-state index in [1.165, 1.54) is 16.7 Å². The van der Waals surface area contributed by atoms with Crippen molar-refractivity contribution in [3.8, 4) is 5.69 Å². The molecule has 186 valence electrons. The molecule has 2 amide bonds. The predicted octanol–water partition coefficient (Wildman–Crippen LogP) is 6.37. The van der Waals surface area contributed by atoms with Gasteiger partial charge in [0.25, 0.3) is 5.56 Å². The number of aromatic nitrogens is 2. The van der Waals surface area contributed by atoms with Crippen molar-refractivity contribution in [2.45, 2.75) is 19.8 Å².